The van der Waals surface area contributed by atoms with Gasteiger partial charge in [0.2, 0.25) is 0 Å². The summed E-state index contributed by atoms with van der Waals surface area (Å²) in [6, 6.07) is 0. The van der Waals surface area contributed by atoms with Crippen LogP contribution in [0.25, 0.3) is 10.9 Å². The fraction of sp³-hybridized carbons (Fsp3) is 0.182. The van der Waals surface area contributed by atoms with E-state index in [2.05, 4.69) is 42.2 Å². The van der Waals surface area contributed by atoms with E-state index >= 15 is 0 Å². The highest BCUT2D eigenvalue weighted by atomic mass is 79.9. The molecule has 0 aliphatic heterocycles. The molecule has 20 heavy (non-hydrogen) atoms. The Morgan fingerprint density at radius 3 is 2.70 bits per heavy atom. The lowest BCUT2D eigenvalue weighted by atomic mass is 10.2. The summed E-state index contributed by atoms with van der Waals surface area (Å²) in [4.78, 5) is 26.1. The Kier molecular flexibility index (Phi) is 4.00. The van der Waals surface area contributed by atoms with Gasteiger partial charge in [0.1, 0.15) is 11.1 Å². The summed E-state index contributed by atoms with van der Waals surface area (Å²) < 4.78 is 3.01. The highest BCUT2D eigenvalue weighted by molar-refractivity contribution is 9.13. The van der Waals surface area contributed by atoms with Crippen LogP contribution in [0.2, 0.25) is 0 Å². The van der Waals surface area contributed by atoms with E-state index < -0.39 is 18.4 Å². The van der Waals surface area contributed by atoms with Crippen LogP contribution >= 0.6 is 31.9 Å². The molecule has 0 fully saturated rings. The molecule has 0 aromatic carbocycles. The molecule has 0 atom stereocenters. The van der Waals surface area contributed by atoms with Gasteiger partial charge >= 0.3 is 5.97 Å². The standard InChI is InChI=1S/C11H9Br2N3O4/c1-16-4-2-14-8(11(20)15-3-5(17)18)9(19)6(4)7(12)10(16)13/h2,19H,3H2,1H3,(H,15,20)(H,17,18). The number of carbonyl (C=O) groups excluding carboxylic acids is 1. The molecule has 2 aromatic heterocycles. The quantitative estimate of drug-likeness (QED) is 0.718. The first-order chi connectivity index (χ1) is 9.34. The third-order valence-corrected chi connectivity index (χ3v) is 4.94. The Hall–Kier alpha value is -1.61. The molecule has 7 nitrogen and oxygen atoms in total. The second kappa shape index (κ2) is 5.41. The van der Waals surface area contributed by atoms with Gasteiger partial charge in [-0.05, 0) is 31.9 Å². The number of aromatic hydroxyl groups is 1. The molecule has 1 amide bonds. The number of carboxylic acid groups (broad SMARTS) is 1. The van der Waals surface area contributed by atoms with Crippen LogP contribution in [0.1, 0.15) is 10.5 Å². The smallest absolute Gasteiger partial charge is 0.322 e. The van der Waals surface area contributed by atoms with Gasteiger partial charge in [-0.3, -0.25) is 9.59 Å². The molecular formula is C11H9Br2N3O4. The van der Waals surface area contributed by atoms with E-state index in [0.717, 1.165) is 0 Å². The number of rotatable bonds is 3. The van der Waals surface area contributed by atoms with E-state index in [0.29, 0.717) is 20.0 Å². The molecule has 0 aliphatic rings. The first kappa shape index (κ1) is 14.8. The second-order valence-electron chi connectivity index (χ2n) is 3.96. The Morgan fingerprint density at radius 2 is 2.10 bits per heavy atom. The first-order valence-corrected chi connectivity index (χ1v) is 6.94. The zero-order valence-corrected chi connectivity index (χ0v) is 13.3. The number of amides is 1. The molecule has 106 valence electrons. The fourth-order valence-electron chi connectivity index (χ4n) is 1.72. The van der Waals surface area contributed by atoms with Crippen LogP contribution in [-0.4, -0.2) is 38.2 Å². The second-order valence-corrected chi connectivity index (χ2v) is 5.50. The summed E-state index contributed by atoms with van der Waals surface area (Å²) >= 11 is 6.65. The SMILES string of the molecule is Cn1c(Br)c(Br)c2c(O)c(C(=O)NCC(=O)O)ncc21. The van der Waals surface area contributed by atoms with E-state index in [1.54, 1.807) is 11.6 Å². The Labute approximate surface area is 129 Å². The number of fused-ring (bicyclic) bond motifs is 1. The summed E-state index contributed by atoms with van der Waals surface area (Å²) in [5.74, 6) is -2.24. The summed E-state index contributed by atoms with van der Waals surface area (Å²) in [5.41, 5.74) is 0.397. The van der Waals surface area contributed by atoms with Gasteiger partial charge in [-0.1, -0.05) is 0 Å². The zero-order valence-electron chi connectivity index (χ0n) is 10.1. The highest BCUT2D eigenvalue weighted by Crippen LogP contribution is 2.39. The molecule has 0 bridgehead atoms. The molecule has 0 radical (unpaired) electrons. The third kappa shape index (κ3) is 2.38. The fourth-order valence-corrected chi connectivity index (χ4v) is 2.77. The minimum absolute atomic E-state index is 0.224. The van der Waals surface area contributed by atoms with Crippen LogP contribution in [0.4, 0.5) is 0 Å². The minimum Gasteiger partial charge on any atom is -0.505 e. The summed E-state index contributed by atoms with van der Waals surface area (Å²) in [7, 11) is 1.77. The number of carbonyl (C=O) groups is 2. The van der Waals surface area contributed by atoms with Crippen LogP contribution in [0.5, 0.6) is 5.75 Å². The zero-order chi connectivity index (χ0) is 15.0. The number of aromatic nitrogens is 2. The van der Waals surface area contributed by atoms with Gasteiger partial charge in [0.05, 0.1) is 21.6 Å². The van der Waals surface area contributed by atoms with Crippen molar-refractivity contribution < 1.29 is 19.8 Å². The van der Waals surface area contributed by atoms with Gasteiger partial charge in [-0.25, -0.2) is 4.98 Å². The van der Waals surface area contributed by atoms with Gasteiger partial charge < -0.3 is 20.1 Å². The van der Waals surface area contributed by atoms with E-state index in [-0.39, 0.29) is 11.4 Å². The summed E-state index contributed by atoms with van der Waals surface area (Å²) in [6.45, 7) is -0.544. The minimum atomic E-state index is -1.18. The normalized spacial score (nSPS) is 10.8. The van der Waals surface area contributed by atoms with Crippen LogP contribution in [0.15, 0.2) is 15.3 Å². The van der Waals surface area contributed by atoms with Crippen molar-refractivity contribution in [2.45, 2.75) is 0 Å². The predicted molar refractivity (Wildman–Crippen MR) is 77.7 cm³/mol. The van der Waals surface area contributed by atoms with Crippen LogP contribution in [0.3, 0.4) is 0 Å². The van der Waals surface area contributed by atoms with Crippen molar-refractivity contribution >= 4 is 54.6 Å². The molecule has 0 aliphatic carbocycles. The van der Waals surface area contributed by atoms with Crippen molar-refractivity contribution in [2.75, 3.05) is 6.54 Å². The van der Waals surface area contributed by atoms with Crippen molar-refractivity contribution in [3.05, 3.63) is 21.0 Å². The van der Waals surface area contributed by atoms with Crippen molar-refractivity contribution in [3.63, 3.8) is 0 Å². The Balaban J connectivity index is 2.52. The van der Waals surface area contributed by atoms with Gasteiger partial charge in [-0.2, -0.15) is 0 Å². The number of nitrogens with zero attached hydrogens (tertiary/aromatic N) is 2. The van der Waals surface area contributed by atoms with Crippen molar-refractivity contribution in [1.82, 2.24) is 14.9 Å². The van der Waals surface area contributed by atoms with E-state index in [1.807, 2.05) is 0 Å². The monoisotopic (exact) mass is 405 g/mol. The number of aryl methyl sites for hydroxylation is 1. The topological polar surface area (TPSA) is 104 Å². The highest BCUT2D eigenvalue weighted by Gasteiger charge is 2.21. The lowest BCUT2D eigenvalue weighted by Gasteiger charge is -2.05. The van der Waals surface area contributed by atoms with Crippen LogP contribution in [0, 0.1) is 0 Å². The number of hydrogen-bond acceptors (Lipinski definition) is 4. The van der Waals surface area contributed by atoms with Crippen molar-refractivity contribution in [1.29, 1.82) is 0 Å². The molecule has 9 heteroatoms. The maximum atomic E-state index is 11.8. The number of halogens is 2. The average Bonchev–Trinajstić information content (AvgIpc) is 2.62. The Morgan fingerprint density at radius 1 is 1.45 bits per heavy atom. The van der Waals surface area contributed by atoms with E-state index in [1.165, 1.54) is 6.20 Å². The van der Waals surface area contributed by atoms with Gasteiger partial charge in [0.25, 0.3) is 5.91 Å². The molecule has 0 unspecified atom stereocenters. The van der Waals surface area contributed by atoms with Crippen molar-refractivity contribution in [3.8, 4) is 5.75 Å². The number of hydrogen-bond donors (Lipinski definition) is 3. The van der Waals surface area contributed by atoms with Gasteiger partial charge in [0, 0.05) is 7.05 Å². The molecular weight excluding hydrogens is 398 g/mol. The first-order valence-electron chi connectivity index (χ1n) is 5.36. The molecule has 0 saturated heterocycles. The molecule has 0 saturated carbocycles. The lowest BCUT2D eigenvalue weighted by Crippen LogP contribution is -2.29. The average molecular weight is 407 g/mol. The number of nitrogens with one attached hydrogen (secondary N) is 1. The maximum absolute atomic E-state index is 11.8. The molecule has 2 heterocycles. The van der Waals surface area contributed by atoms with Gasteiger partial charge in [-0.15, -0.1) is 0 Å². The maximum Gasteiger partial charge on any atom is 0.322 e. The summed E-state index contributed by atoms with van der Waals surface area (Å²) in [6.07, 6.45) is 1.43. The predicted octanol–water partition coefficient (Wildman–Crippen LogP) is 1.62. The lowest BCUT2D eigenvalue weighted by molar-refractivity contribution is -0.135. The number of aliphatic carboxylic acids is 1. The number of carboxylic acids is 1. The number of pyridine rings is 1. The molecule has 0 spiro atoms. The molecule has 3 N–H and O–H groups in total. The largest absolute Gasteiger partial charge is 0.505 e. The van der Waals surface area contributed by atoms with Crippen LogP contribution in [-0.2, 0) is 11.8 Å². The van der Waals surface area contributed by atoms with Crippen LogP contribution < -0.4 is 5.32 Å². The molecule has 2 aromatic rings. The van der Waals surface area contributed by atoms with E-state index in [4.69, 9.17) is 5.11 Å². The van der Waals surface area contributed by atoms with Gasteiger partial charge in [0.15, 0.2) is 11.4 Å². The van der Waals surface area contributed by atoms with E-state index in [9.17, 15) is 14.7 Å². The Bertz CT molecular complexity index is 726. The molecule has 2 rings (SSSR count). The summed E-state index contributed by atoms with van der Waals surface area (Å²) in [5, 5.41) is 21.3. The third-order valence-electron chi connectivity index (χ3n) is 2.70. The van der Waals surface area contributed by atoms with Crippen molar-refractivity contribution in [2.24, 2.45) is 7.05 Å².